The first-order chi connectivity index (χ1) is 27.0. The van der Waals surface area contributed by atoms with Crippen LogP contribution in [0.25, 0.3) is 0 Å². The van der Waals surface area contributed by atoms with E-state index in [4.69, 9.17) is 20.4 Å². The summed E-state index contributed by atoms with van der Waals surface area (Å²) in [5.74, 6) is -0.437. The normalized spacial score (nSPS) is 11.4. The van der Waals surface area contributed by atoms with Crippen LogP contribution in [0.2, 0.25) is 0 Å². The molecule has 18 heteroatoms. The summed E-state index contributed by atoms with van der Waals surface area (Å²) in [6.07, 6.45) is -2.04. The van der Waals surface area contributed by atoms with Crippen LogP contribution in [0.1, 0.15) is 49.9 Å². The van der Waals surface area contributed by atoms with Crippen molar-refractivity contribution in [1.82, 2.24) is 0 Å². The van der Waals surface area contributed by atoms with Gasteiger partial charge in [0.15, 0.2) is 0 Å². The van der Waals surface area contributed by atoms with E-state index in [1.54, 1.807) is 100 Å². The standard InChI is InChI=1S/2C19H21N2O3.2CH4O.2CH3O.4Ni/c2*1-13(16-7-3-5-9-18(16)23)20-11-15(22)12-21-14(2)17-8-4-6-10-19(17)24;4*1-2;;;;/h2*3-10,15,23-24H,11-12H2,1-2H3;2*2H,1H3;2*1H3;;;;/q2*-1;;;2*-1;4*+2/p-4. The number of para-hydroxylation sites is 4. The Morgan fingerprint density at radius 2 is 0.533 bits per heavy atom. The number of nitrogens with zero attached hydrogens (tertiary/aromatic N) is 4. The topological polar surface area (TPSA) is 274 Å². The molecule has 0 spiro atoms. The van der Waals surface area contributed by atoms with Crippen LogP contribution in [0, 0.1) is 0 Å². The molecule has 4 rings (SSSR count). The SMILES string of the molecule is CC(=NCC([O-])CN=C(C)c1ccccc1[O-])c1ccccc1[O-].CC(=NCC([O-])CN=C(C)c1ccccc1[O-])c1ccccc1[O-].CO.CO.C[O-].C[O-].[Ni+2].[Ni+2].[Ni+2].[Ni+2]. The molecule has 0 bridgehead atoms. The van der Waals surface area contributed by atoms with Gasteiger partial charge in [0.25, 0.3) is 0 Å². The summed E-state index contributed by atoms with van der Waals surface area (Å²) >= 11 is 0. The van der Waals surface area contributed by atoms with Gasteiger partial charge in [-0.3, -0.25) is 20.0 Å². The second kappa shape index (κ2) is 42.2. The summed E-state index contributed by atoms with van der Waals surface area (Å²) in [4.78, 5) is 16.8. The largest absolute Gasteiger partial charge is 2.00 e. The maximum absolute atomic E-state index is 12.0. The van der Waals surface area contributed by atoms with E-state index in [1.807, 2.05) is 0 Å². The quantitative estimate of drug-likeness (QED) is 0.128. The smallest absolute Gasteiger partial charge is 0.872 e. The summed E-state index contributed by atoms with van der Waals surface area (Å²) in [7, 11) is 3.50. The van der Waals surface area contributed by atoms with Crippen molar-refractivity contribution in [3.63, 3.8) is 0 Å². The number of rotatable bonds is 12. The summed E-state index contributed by atoms with van der Waals surface area (Å²) in [5.41, 5.74) is 4.21. The van der Waals surface area contributed by atoms with E-state index in [2.05, 4.69) is 20.0 Å². The Kier molecular flexibility index (Phi) is 48.0. The van der Waals surface area contributed by atoms with Crippen LogP contribution in [0.4, 0.5) is 0 Å². The molecule has 0 amide bonds. The molecule has 4 aromatic rings. The number of aliphatic imine (C=N–C) groups is 4. The molecule has 0 radical (unpaired) electrons. The van der Waals surface area contributed by atoms with Crippen molar-refractivity contribution in [2.45, 2.75) is 39.9 Å². The van der Waals surface area contributed by atoms with E-state index < -0.39 is 12.2 Å². The molecule has 60 heavy (non-hydrogen) atoms. The second-order valence-electron chi connectivity index (χ2n) is 10.9. The fourth-order valence-electron chi connectivity index (χ4n) is 4.47. The molecule has 0 saturated carbocycles. The molecule has 0 aromatic heterocycles. The average molecular weight is 1010 g/mol. The Morgan fingerprint density at radius 1 is 0.383 bits per heavy atom. The Labute approximate surface area is 394 Å². The Balaban J connectivity index is -0.000000197. The first-order valence-corrected chi connectivity index (χ1v) is 17.1. The maximum atomic E-state index is 12.0. The van der Waals surface area contributed by atoms with Gasteiger partial charge in [-0.1, -0.05) is 132 Å². The summed E-state index contributed by atoms with van der Waals surface area (Å²) < 4.78 is 0. The summed E-state index contributed by atoms with van der Waals surface area (Å²) in [6, 6.07) is 26.4. The van der Waals surface area contributed by atoms with Gasteiger partial charge in [-0.2, -0.15) is 14.2 Å². The molecule has 0 aliphatic carbocycles. The molecule has 0 unspecified atom stereocenters. The van der Waals surface area contributed by atoms with Crippen molar-refractivity contribution in [3.05, 3.63) is 119 Å². The first-order valence-electron chi connectivity index (χ1n) is 17.1. The van der Waals surface area contributed by atoms with Gasteiger partial charge in [-0.25, -0.2) is 0 Å². The Bertz CT molecular complexity index is 1540. The minimum Gasteiger partial charge on any atom is -0.872 e. The summed E-state index contributed by atoms with van der Waals surface area (Å²) in [5, 5.41) is 101. The van der Waals surface area contributed by atoms with Gasteiger partial charge in [0.05, 0.1) is 0 Å². The molecular weight excluding hydrogens is 955 g/mol. The van der Waals surface area contributed by atoms with Crippen LogP contribution in [0.15, 0.2) is 117 Å². The molecule has 0 heterocycles. The van der Waals surface area contributed by atoms with Crippen LogP contribution in [0.3, 0.4) is 0 Å². The molecule has 2 N–H and O–H groups in total. The van der Waals surface area contributed by atoms with Crippen LogP contribution >= 0.6 is 0 Å². The molecule has 14 nitrogen and oxygen atoms in total. The Morgan fingerprint density at radius 3 is 0.683 bits per heavy atom. The minimum atomic E-state index is -1.02. The zero-order chi connectivity index (χ0) is 43.1. The van der Waals surface area contributed by atoms with Gasteiger partial charge in [-0.15, -0.1) is 0 Å². The zero-order valence-corrected chi connectivity index (χ0v) is 38.4. The molecule has 0 atom stereocenters. The number of aliphatic hydroxyl groups excluding tert-OH is 2. The van der Waals surface area contributed by atoms with E-state index in [9.17, 15) is 30.6 Å². The minimum absolute atomic E-state index is 0. The van der Waals surface area contributed by atoms with Crippen molar-refractivity contribution in [1.29, 1.82) is 0 Å². The monoisotopic (exact) mass is 1000 g/mol. The number of benzene rings is 4. The third-order valence-electron chi connectivity index (χ3n) is 7.24. The third-order valence-corrected chi connectivity index (χ3v) is 7.24. The van der Waals surface area contributed by atoms with Gasteiger partial charge >= 0.3 is 66.0 Å². The number of hydrogen-bond acceptors (Lipinski definition) is 14. The van der Waals surface area contributed by atoms with Crippen LogP contribution in [-0.4, -0.2) is 99.9 Å². The van der Waals surface area contributed by atoms with Crippen molar-refractivity contribution in [2.24, 2.45) is 20.0 Å². The number of hydrogen-bond donors (Lipinski definition) is 2. The van der Waals surface area contributed by atoms with Crippen molar-refractivity contribution in [3.8, 4) is 23.0 Å². The first kappa shape index (κ1) is 68.2. The fraction of sp³-hybridized carbons (Fsp3) is 0.333. The van der Waals surface area contributed by atoms with E-state index in [-0.39, 0.29) is 115 Å². The van der Waals surface area contributed by atoms with E-state index in [1.165, 1.54) is 24.3 Å². The van der Waals surface area contributed by atoms with E-state index in [0.717, 1.165) is 28.4 Å². The van der Waals surface area contributed by atoms with Crippen molar-refractivity contribution >= 4 is 22.8 Å². The molecule has 0 fully saturated rings. The fourth-order valence-corrected chi connectivity index (χ4v) is 4.47. The predicted molar refractivity (Wildman–Crippen MR) is 208 cm³/mol. The van der Waals surface area contributed by atoms with E-state index >= 15 is 0 Å². The average Bonchev–Trinajstić information content (AvgIpc) is 3.24. The molecule has 0 saturated heterocycles. The third kappa shape index (κ3) is 26.7. The molecule has 4 aromatic carbocycles. The zero-order valence-electron chi connectivity index (χ0n) is 34.4. The Hall–Kier alpha value is -3.51. The predicted octanol–water partition coefficient (Wildman–Crippen LogP) is -1.08. The molecule has 0 aliphatic rings. The van der Waals surface area contributed by atoms with Crippen LogP contribution < -0.4 is 40.9 Å². The van der Waals surface area contributed by atoms with Gasteiger partial charge < -0.3 is 51.1 Å². The van der Waals surface area contributed by atoms with Crippen molar-refractivity contribution in [2.75, 3.05) is 54.6 Å². The maximum Gasteiger partial charge on any atom is 2.00 e. The summed E-state index contributed by atoms with van der Waals surface area (Å²) in [6.45, 7) is 7.01. The van der Waals surface area contributed by atoms with Gasteiger partial charge in [0.2, 0.25) is 0 Å². The van der Waals surface area contributed by atoms with Gasteiger partial charge in [-0.05, 0) is 49.9 Å². The van der Waals surface area contributed by atoms with Gasteiger partial charge in [0.1, 0.15) is 0 Å². The number of aliphatic hydroxyl groups is 2. The van der Waals surface area contributed by atoms with Crippen LogP contribution in [-0.2, 0) is 66.0 Å². The molecule has 0 aliphatic heterocycles. The van der Waals surface area contributed by atoms with Crippen molar-refractivity contribution < 1.29 is 117 Å². The van der Waals surface area contributed by atoms with Gasteiger partial charge in [0, 0.05) is 63.2 Å². The molecule has 340 valence electrons. The second-order valence-corrected chi connectivity index (χ2v) is 10.9. The van der Waals surface area contributed by atoms with Crippen LogP contribution in [0.5, 0.6) is 23.0 Å². The molecular formula is C42H52N4Ni4O10. The van der Waals surface area contributed by atoms with E-state index in [0.29, 0.717) is 45.1 Å².